The van der Waals surface area contributed by atoms with Crippen LogP contribution in [-0.4, -0.2) is 0 Å². The first kappa shape index (κ1) is 33.1. The van der Waals surface area contributed by atoms with Crippen LogP contribution < -0.4 is 0 Å². The quantitative estimate of drug-likeness (QED) is 0.167. The van der Waals surface area contributed by atoms with Crippen LogP contribution in [0.3, 0.4) is 0 Å². The Hall–Kier alpha value is -7.72. The standard InChI is InChI=1S/C58H32O2S/c1-2-15-35-33(13-1)14-11-23-38(35)56-41-20-6-4-18-39(41)55(40-19-5-7-21-42(40)56)34-27-28-52-47(29-34)44-25-12-24-43(57(44)60-52)46-30-50-49-31-53-48(37-17-9-10-26-51(37)59-53)32-54(49)61-58(50)45-22-8-3-16-36(45)46/h1-32H. The average molecular weight is 793 g/mol. The van der Waals surface area contributed by atoms with Gasteiger partial charge in [-0.2, -0.15) is 0 Å². The molecule has 3 heterocycles. The maximum atomic E-state index is 6.93. The molecular weight excluding hydrogens is 761 g/mol. The number of hydrogen-bond acceptors (Lipinski definition) is 3. The number of furan rings is 2. The molecule has 0 aliphatic carbocycles. The zero-order valence-electron chi connectivity index (χ0n) is 32.7. The average Bonchev–Trinajstić information content (AvgIpc) is 4.00. The van der Waals surface area contributed by atoms with Crippen molar-refractivity contribution >= 4 is 118 Å². The zero-order chi connectivity index (χ0) is 39.8. The van der Waals surface area contributed by atoms with Gasteiger partial charge in [0, 0.05) is 52.7 Å². The van der Waals surface area contributed by atoms with Gasteiger partial charge in [-0.05, 0) is 102 Å². The van der Waals surface area contributed by atoms with Crippen LogP contribution in [0, 0.1) is 0 Å². The van der Waals surface area contributed by atoms with Gasteiger partial charge in [0.1, 0.15) is 22.3 Å². The summed E-state index contributed by atoms with van der Waals surface area (Å²) >= 11 is 1.86. The molecule has 11 aromatic carbocycles. The Balaban J connectivity index is 0.996. The van der Waals surface area contributed by atoms with E-state index < -0.39 is 0 Å². The van der Waals surface area contributed by atoms with Crippen LogP contribution in [-0.2, 0) is 0 Å². The lowest BCUT2D eigenvalue weighted by atomic mass is 9.84. The fourth-order valence-corrected chi connectivity index (χ4v) is 11.6. The van der Waals surface area contributed by atoms with Gasteiger partial charge >= 0.3 is 0 Å². The van der Waals surface area contributed by atoms with Crippen molar-refractivity contribution in [3.63, 3.8) is 0 Å². The van der Waals surface area contributed by atoms with Crippen LogP contribution in [0.15, 0.2) is 203 Å². The van der Waals surface area contributed by atoms with Gasteiger partial charge in [-0.1, -0.05) is 158 Å². The third-order valence-electron chi connectivity index (χ3n) is 13.0. The fraction of sp³-hybridized carbons (Fsp3) is 0. The lowest BCUT2D eigenvalue weighted by Crippen LogP contribution is -1.91. The Morgan fingerprint density at radius 3 is 1.69 bits per heavy atom. The van der Waals surface area contributed by atoms with Gasteiger partial charge in [0.2, 0.25) is 0 Å². The van der Waals surface area contributed by atoms with E-state index in [2.05, 4.69) is 188 Å². The van der Waals surface area contributed by atoms with Gasteiger partial charge in [0.25, 0.3) is 0 Å². The largest absolute Gasteiger partial charge is 0.456 e. The summed E-state index contributed by atoms with van der Waals surface area (Å²) in [6.45, 7) is 0. The molecule has 14 rings (SSSR count). The van der Waals surface area contributed by atoms with Crippen LogP contribution in [0.4, 0.5) is 0 Å². The predicted molar refractivity (Wildman–Crippen MR) is 260 cm³/mol. The molecule has 0 N–H and O–H groups in total. The van der Waals surface area contributed by atoms with Crippen molar-refractivity contribution in [1.82, 2.24) is 0 Å². The van der Waals surface area contributed by atoms with Crippen molar-refractivity contribution in [1.29, 1.82) is 0 Å². The van der Waals surface area contributed by atoms with E-state index >= 15 is 0 Å². The highest BCUT2D eigenvalue weighted by molar-refractivity contribution is 7.26. The predicted octanol–water partition coefficient (Wildman–Crippen LogP) is 17.5. The summed E-state index contributed by atoms with van der Waals surface area (Å²) in [7, 11) is 0. The first-order valence-corrected chi connectivity index (χ1v) is 21.6. The van der Waals surface area contributed by atoms with Crippen molar-refractivity contribution < 1.29 is 8.83 Å². The molecule has 0 aliphatic heterocycles. The summed E-state index contributed by atoms with van der Waals surface area (Å²) in [5.74, 6) is 0. The fourth-order valence-electron chi connectivity index (χ4n) is 10.4. The monoisotopic (exact) mass is 792 g/mol. The topological polar surface area (TPSA) is 26.3 Å². The molecule has 0 spiro atoms. The number of thiophene rings is 1. The SMILES string of the molecule is c1ccc2c(-c3c4ccccc4c(-c4ccc5oc6c(-c7cc8c9cc%10oc%11ccccc%11c%10cc9sc8c8ccccc78)cccc6c5c4)c4ccccc34)cccc2c1. The van der Waals surface area contributed by atoms with E-state index in [0.29, 0.717) is 0 Å². The molecule has 61 heavy (non-hydrogen) atoms. The lowest BCUT2D eigenvalue weighted by Gasteiger charge is -2.18. The van der Waals surface area contributed by atoms with Gasteiger partial charge in [-0.15, -0.1) is 11.3 Å². The summed E-state index contributed by atoms with van der Waals surface area (Å²) in [6.07, 6.45) is 0. The van der Waals surface area contributed by atoms with Gasteiger partial charge in [0.05, 0.1) is 0 Å². The van der Waals surface area contributed by atoms with Crippen LogP contribution >= 0.6 is 11.3 Å². The van der Waals surface area contributed by atoms with Crippen LogP contribution in [0.25, 0.3) is 141 Å². The minimum absolute atomic E-state index is 0.880. The molecule has 3 heteroatoms. The lowest BCUT2D eigenvalue weighted by molar-refractivity contribution is 0.669. The number of fused-ring (bicyclic) bond motifs is 14. The van der Waals surface area contributed by atoms with Gasteiger partial charge in [-0.3, -0.25) is 0 Å². The van der Waals surface area contributed by atoms with Crippen molar-refractivity contribution in [3.8, 4) is 33.4 Å². The molecule has 0 saturated carbocycles. The molecule has 282 valence electrons. The van der Waals surface area contributed by atoms with Gasteiger partial charge < -0.3 is 8.83 Å². The summed E-state index contributed by atoms with van der Waals surface area (Å²) < 4.78 is 15.9. The highest BCUT2D eigenvalue weighted by Crippen LogP contribution is 2.49. The maximum Gasteiger partial charge on any atom is 0.143 e. The van der Waals surface area contributed by atoms with Crippen molar-refractivity contribution in [2.45, 2.75) is 0 Å². The number of rotatable bonds is 3. The number of para-hydroxylation sites is 2. The normalized spacial score (nSPS) is 12.3. The van der Waals surface area contributed by atoms with Gasteiger partial charge in [0.15, 0.2) is 0 Å². The molecule has 14 aromatic rings. The highest BCUT2D eigenvalue weighted by atomic mass is 32.1. The Bertz CT molecular complexity index is 4120. The minimum atomic E-state index is 0.880. The van der Waals surface area contributed by atoms with Crippen molar-refractivity contribution in [2.75, 3.05) is 0 Å². The number of benzene rings is 11. The first-order valence-electron chi connectivity index (χ1n) is 20.8. The third kappa shape index (κ3) is 4.67. The van der Waals surface area contributed by atoms with E-state index in [4.69, 9.17) is 8.83 Å². The second-order valence-corrected chi connectivity index (χ2v) is 17.3. The molecule has 0 radical (unpaired) electrons. The maximum absolute atomic E-state index is 6.93. The smallest absolute Gasteiger partial charge is 0.143 e. The molecule has 0 amide bonds. The molecule has 2 nitrogen and oxygen atoms in total. The number of hydrogen-bond donors (Lipinski definition) is 0. The van der Waals surface area contributed by atoms with E-state index in [0.717, 1.165) is 49.4 Å². The Morgan fingerprint density at radius 1 is 0.295 bits per heavy atom. The van der Waals surface area contributed by atoms with Crippen LogP contribution in [0.5, 0.6) is 0 Å². The van der Waals surface area contributed by atoms with Crippen LogP contribution in [0.1, 0.15) is 0 Å². The van der Waals surface area contributed by atoms with Crippen LogP contribution in [0.2, 0.25) is 0 Å². The molecule has 0 unspecified atom stereocenters. The van der Waals surface area contributed by atoms with Crippen molar-refractivity contribution in [2.24, 2.45) is 0 Å². The van der Waals surface area contributed by atoms with E-state index in [-0.39, 0.29) is 0 Å². The molecular formula is C58H32O2S. The Kier molecular flexibility index (Phi) is 6.74. The molecule has 0 atom stereocenters. The van der Waals surface area contributed by atoms with Gasteiger partial charge in [-0.25, -0.2) is 0 Å². The van der Waals surface area contributed by atoms with E-state index in [9.17, 15) is 0 Å². The first-order chi connectivity index (χ1) is 30.2. The molecule has 0 aliphatic rings. The molecule has 0 bridgehead atoms. The Labute approximate surface area is 353 Å². The third-order valence-corrected chi connectivity index (χ3v) is 14.2. The second-order valence-electron chi connectivity index (χ2n) is 16.3. The molecule has 3 aromatic heterocycles. The van der Waals surface area contributed by atoms with E-state index in [1.165, 1.54) is 91.1 Å². The summed E-state index contributed by atoms with van der Waals surface area (Å²) in [4.78, 5) is 0. The summed E-state index contributed by atoms with van der Waals surface area (Å²) in [5, 5.41) is 16.9. The van der Waals surface area contributed by atoms with E-state index in [1.54, 1.807) is 0 Å². The summed E-state index contributed by atoms with van der Waals surface area (Å²) in [6, 6.07) is 70.7. The van der Waals surface area contributed by atoms with E-state index in [1.807, 2.05) is 17.4 Å². The molecule has 0 fully saturated rings. The van der Waals surface area contributed by atoms with Crippen molar-refractivity contribution in [3.05, 3.63) is 194 Å². The summed E-state index contributed by atoms with van der Waals surface area (Å²) in [5.41, 5.74) is 10.8. The zero-order valence-corrected chi connectivity index (χ0v) is 33.5. The second kappa shape index (κ2) is 12.4. The molecule has 0 saturated heterocycles. The minimum Gasteiger partial charge on any atom is -0.456 e. The Morgan fingerprint density at radius 2 is 0.885 bits per heavy atom. The highest BCUT2D eigenvalue weighted by Gasteiger charge is 2.22.